The molecule has 0 atom stereocenters. The van der Waals surface area contributed by atoms with E-state index in [2.05, 4.69) is 14.7 Å². The molecule has 0 amide bonds. The Kier molecular flexibility index (Phi) is 4.47. The number of rotatable bonds is 5. The van der Waals surface area contributed by atoms with Gasteiger partial charge in [0.15, 0.2) is 0 Å². The summed E-state index contributed by atoms with van der Waals surface area (Å²) in [6.07, 6.45) is 3.51. The molecule has 0 saturated carbocycles. The molecule has 9 nitrogen and oxygen atoms in total. The SMILES string of the molecule is Cc1c(-c2cccc(NS(=O)(=O)c3ccc([N+](=O)[O-])cc3)c2)nc2ncccn12. The van der Waals surface area contributed by atoms with Gasteiger partial charge in [-0.1, -0.05) is 12.1 Å². The van der Waals surface area contributed by atoms with Crippen LogP contribution in [0.2, 0.25) is 0 Å². The molecule has 2 aromatic carbocycles. The maximum Gasteiger partial charge on any atom is 0.269 e. The number of nitrogens with zero attached hydrogens (tertiary/aromatic N) is 4. The van der Waals surface area contributed by atoms with Crippen molar-refractivity contribution in [3.8, 4) is 11.3 Å². The van der Waals surface area contributed by atoms with E-state index in [0.29, 0.717) is 17.2 Å². The summed E-state index contributed by atoms with van der Waals surface area (Å²) in [4.78, 5) is 18.8. The topological polar surface area (TPSA) is 120 Å². The van der Waals surface area contributed by atoms with Crippen LogP contribution in [0.15, 0.2) is 71.9 Å². The highest BCUT2D eigenvalue weighted by Crippen LogP contribution is 2.27. The summed E-state index contributed by atoms with van der Waals surface area (Å²) in [6, 6.07) is 13.4. The summed E-state index contributed by atoms with van der Waals surface area (Å²) in [5, 5.41) is 10.7. The zero-order valence-electron chi connectivity index (χ0n) is 15.2. The van der Waals surface area contributed by atoms with Crippen LogP contribution in [-0.4, -0.2) is 27.7 Å². The number of nitro benzene ring substituents is 1. The molecule has 10 heteroatoms. The fourth-order valence-electron chi connectivity index (χ4n) is 2.97. The lowest BCUT2D eigenvalue weighted by molar-refractivity contribution is -0.384. The van der Waals surface area contributed by atoms with Gasteiger partial charge in [-0.25, -0.2) is 18.4 Å². The van der Waals surface area contributed by atoms with Gasteiger partial charge in [0.05, 0.1) is 15.5 Å². The largest absolute Gasteiger partial charge is 0.288 e. The number of hydrogen-bond donors (Lipinski definition) is 1. The zero-order valence-corrected chi connectivity index (χ0v) is 16.0. The van der Waals surface area contributed by atoms with Crippen LogP contribution in [0.25, 0.3) is 17.0 Å². The first-order valence-electron chi connectivity index (χ1n) is 8.52. The fourth-order valence-corrected chi connectivity index (χ4v) is 4.02. The molecule has 0 unspecified atom stereocenters. The van der Waals surface area contributed by atoms with E-state index >= 15 is 0 Å². The third-order valence-corrected chi connectivity index (χ3v) is 5.79. The number of fused-ring (bicyclic) bond motifs is 1. The molecule has 4 rings (SSSR count). The number of hydrogen-bond acceptors (Lipinski definition) is 6. The number of anilines is 1. The lowest BCUT2D eigenvalue weighted by atomic mass is 10.1. The van der Waals surface area contributed by atoms with Gasteiger partial charge < -0.3 is 0 Å². The van der Waals surface area contributed by atoms with Crippen LogP contribution in [0.4, 0.5) is 11.4 Å². The second kappa shape index (κ2) is 6.99. The van der Waals surface area contributed by atoms with Crippen molar-refractivity contribution in [1.29, 1.82) is 0 Å². The van der Waals surface area contributed by atoms with Gasteiger partial charge in [-0.15, -0.1) is 0 Å². The van der Waals surface area contributed by atoms with E-state index in [-0.39, 0.29) is 10.6 Å². The predicted molar refractivity (Wildman–Crippen MR) is 107 cm³/mol. The quantitative estimate of drug-likeness (QED) is 0.398. The molecule has 0 spiro atoms. The van der Waals surface area contributed by atoms with Crippen LogP contribution in [-0.2, 0) is 10.0 Å². The molecule has 0 aliphatic heterocycles. The van der Waals surface area contributed by atoms with Crippen molar-refractivity contribution in [3.63, 3.8) is 0 Å². The Hall–Kier alpha value is -3.79. The lowest BCUT2D eigenvalue weighted by Gasteiger charge is -2.09. The minimum absolute atomic E-state index is 0.0680. The van der Waals surface area contributed by atoms with Crippen LogP contribution in [0.1, 0.15) is 5.69 Å². The molecule has 0 aliphatic carbocycles. The number of nitrogens with one attached hydrogen (secondary N) is 1. The molecule has 4 aromatic rings. The number of nitro groups is 1. The Morgan fingerprint density at radius 3 is 2.55 bits per heavy atom. The van der Waals surface area contributed by atoms with E-state index in [9.17, 15) is 18.5 Å². The second-order valence-corrected chi connectivity index (χ2v) is 7.96. The smallest absolute Gasteiger partial charge is 0.269 e. The van der Waals surface area contributed by atoms with Gasteiger partial charge in [-0.3, -0.25) is 19.2 Å². The van der Waals surface area contributed by atoms with Crippen molar-refractivity contribution in [3.05, 3.63) is 82.8 Å². The normalized spacial score (nSPS) is 11.5. The average Bonchev–Trinajstić information content (AvgIpc) is 3.05. The highest BCUT2D eigenvalue weighted by molar-refractivity contribution is 7.92. The van der Waals surface area contributed by atoms with E-state index in [4.69, 9.17) is 0 Å². The second-order valence-electron chi connectivity index (χ2n) is 6.27. The molecule has 0 aliphatic rings. The molecule has 2 aromatic heterocycles. The molecule has 2 heterocycles. The Bertz CT molecular complexity index is 1330. The standard InChI is InChI=1S/C19H15N5O4S/c1-13-18(21-19-20-10-3-11-23(13)19)14-4-2-5-15(12-14)22-29(27,28)17-8-6-16(7-9-17)24(25)26/h2-12,22H,1H3. The van der Waals surface area contributed by atoms with Crippen molar-refractivity contribution in [1.82, 2.24) is 14.4 Å². The van der Waals surface area contributed by atoms with Crippen molar-refractivity contribution >= 4 is 27.2 Å². The number of aromatic nitrogens is 3. The number of aryl methyl sites for hydroxylation is 1. The molecule has 0 saturated heterocycles. The third-order valence-electron chi connectivity index (χ3n) is 4.39. The van der Waals surface area contributed by atoms with E-state index < -0.39 is 14.9 Å². The minimum atomic E-state index is -3.90. The number of sulfonamides is 1. The van der Waals surface area contributed by atoms with Crippen LogP contribution < -0.4 is 4.72 Å². The molecule has 146 valence electrons. The van der Waals surface area contributed by atoms with Crippen molar-refractivity contribution in [2.24, 2.45) is 0 Å². The number of imidazole rings is 1. The fraction of sp³-hybridized carbons (Fsp3) is 0.0526. The van der Waals surface area contributed by atoms with Gasteiger partial charge in [0, 0.05) is 41.5 Å². The summed E-state index contributed by atoms with van der Waals surface area (Å²) < 4.78 is 29.6. The Labute approximate surface area is 165 Å². The van der Waals surface area contributed by atoms with Crippen LogP contribution >= 0.6 is 0 Å². The molecule has 29 heavy (non-hydrogen) atoms. The van der Waals surface area contributed by atoms with E-state index in [1.165, 1.54) is 12.1 Å². The van der Waals surface area contributed by atoms with E-state index in [1.54, 1.807) is 30.5 Å². The van der Waals surface area contributed by atoms with Gasteiger partial charge in [0.2, 0.25) is 5.78 Å². The van der Waals surface area contributed by atoms with Gasteiger partial charge in [-0.2, -0.15) is 0 Å². The molecule has 1 N–H and O–H groups in total. The molecule has 0 fully saturated rings. The Balaban J connectivity index is 1.66. The number of non-ortho nitro benzene ring substituents is 1. The zero-order chi connectivity index (χ0) is 20.6. The van der Waals surface area contributed by atoms with Gasteiger partial charge >= 0.3 is 0 Å². The summed E-state index contributed by atoms with van der Waals surface area (Å²) in [6.45, 7) is 1.91. The van der Waals surface area contributed by atoms with Gasteiger partial charge in [0.1, 0.15) is 0 Å². The van der Waals surface area contributed by atoms with Crippen molar-refractivity contribution in [2.75, 3.05) is 4.72 Å². The van der Waals surface area contributed by atoms with Crippen molar-refractivity contribution < 1.29 is 13.3 Å². The Morgan fingerprint density at radius 1 is 1.10 bits per heavy atom. The summed E-state index contributed by atoms with van der Waals surface area (Å²) in [7, 11) is -3.90. The Morgan fingerprint density at radius 2 is 1.86 bits per heavy atom. The summed E-state index contributed by atoms with van der Waals surface area (Å²) in [5.74, 6) is 0.553. The van der Waals surface area contributed by atoms with Crippen LogP contribution in [0.5, 0.6) is 0 Å². The predicted octanol–water partition coefficient (Wildman–Crippen LogP) is 3.41. The van der Waals surface area contributed by atoms with Gasteiger partial charge in [0.25, 0.3) is 15.7 Å². The van der Waals surface area contributed by atoms with Crippen LogP contribution in [0.3, 0.4) is 0 Å². The molecule has 0 bridgehead atoms. The first kappa shape index (κ1) is 18.6. The molecular weight excluding hydrogens is 394 g/mol. The highest BCUT2D eigenvalue weighted by Gasteiger charge is 2.17. The van der Waals surface area contributed by atoms with Gasteiger partial charge in [-0.05, 0) is 37.3 Å². The summed E-state index contributed by atoms with van der Waals surface area (Å²) >= 11 is 0. The third kappa shape index (κ3) is 3.52. The molecule has 0 radical (unpaired) electrons. The highest BCUT2D eigenvalue weighted by atomic mass is 32.2. The summed E-state index contributed by atoms with van der Waals surface area (Å²) in [5.41, 5.74) is 2.48. The first-order chi connectivity index (χ1) is 13.8. The molecular formula is C19H15N5O4S. The van der Waals surface area contributed by atoms with E-state index in [1.807, 2.05) is 23.6 Å². The minimum Gasteiger partial charge on any atom is -0.288 e. The van der Waals surface area contributed by atoms with E-state index in [0.717, 1.165) is 23.4 Å². The first-order valence-corrected chi connectivity index (χ1v) is 10.0. The van der Waals surface area contributed by atoms with Crippen LogP contribution in [0, 0.1) is 17.0 Å². The maximum atomic E-state index is 12.6. The van der Waals surface area contributed by atoms with Crippen molar-refractivity contribution in [2.45, 2.75) is 11.8 Å². The number of benzene rings is 2. The average molecular weight is 409 g/mol. The monoisotopic (exact) mass is 409 g/mol. The lowest BCUT2D eigenvalue weighted by Crippen LogP contribution is -2.13. The maximum absolute atomic E-state index is 12.6.